The summed E-state index contributed by atoms with van der Waals surface area (Å²) < 4.78 is 44.2. The molecule has 0 spiro atoms. The summed E-state index contributed by atoms with van der Waals surface area (Å²) >= 11 is 0. The second kappa shape index (κ2) is 17.5. The number of carbonyl (C=O) groups excluding carboxylic acids is 2. The molecule has 0 aliphatic carbocycles. The average Bonchev–Trinajstić information content (AvgIpc) is 3.13. The van der Waals surface area contributed by atoms with Crippen molar-refractivity contribution in [3.05, 3.63) is 107 Å². The summed E-state index contributed by atoms with van der Waals surface area (Å²) in [6.45, 7) is 5.93. The van der Waals surface area contributed by atoms with E-state index in [2.05, 4.69) is 20.3 Å². The normalized spacial score (nSPS) is 11.5. The number of Topliss-reactive ketones (excluding diaryl/α,β-unsaturated/α-hetero) is 1. The smallest absolute Gasteiger partial charge is 0.323 e. The van der Waals surface area contributed by atoms with Crippen LogP contribution in [0.4, 0.5) is 21.9 Å². The molecule has 294 valence electrons. The summed E-state index contributed by atoms with van der Waals surface area (Å²) in [4.78, 5) is 41.6. The lowest BCUT2D eigenvalue weighted by atomic mass is 9.86. The summed E-state index contributed by atoms with van der Waals surface area (Å²) in [5.74, 6) is 0.713. The number of pyridine rings is 1. The van der Waals surface area contributed by atoms with Gasteiger partial charge in [0, 0.05) is 48.0 Å². The Balaban J connectivity index is 1.33. The lowest BCUT2D eigenvalue weighted by molar-refractivity contribution is -0.137. The molecule has 0 bridgehead atoms. The fourth-order valence-electron chi connectivity index (χ4n) is 6.12. The van der Waals surface area contributed by atoms with Crippen LogP contribution in [0.15, 0.2) is 85.1 Å². The Morgan fingerprint density at radius 3 is 2.16 bits per heavy atom. The number of methoxy groups -OCH3 is 2. The highest BCUT2D eigenvalue weighted by atomic mass is 32.2. The summed E-state index contributed by atoms with van der Waals surface area (Å²) in [7, 11) is -0.743. The van der Waals surface area contributed by atoms with Gasteiger partial charge in [-0.25, -0.2) is 13.2 Å². The number of carbonyl (C=O) groups is 3. The molecule has 13 nitrogen and oxygen atoms in total. The molecule has 0 aliphatic rings. The van der Waals surface area contributed by atoms with E-state index >= 15 is 0 Å². The number of sulfonamides is 1. The molecule has 2 amide bonds. The predicted molar refractivity (Wildman–Crippen MR) is 217 cm³/mol. The van der Waals surface area contributed by atoms with Gasteiger partial charge in [0.25, 0.3) is 0 Å². The number of hydrogen-bond donors (Lipinski definition) is 4. The first-order valence-electron chi connectivity index (χ1n) is 17.9. The van der Waals surface area contributed by atoms with Gasteiger partial charge in [-0.3, -0.25) is 19.3 Å². The SMILES string of the molecule is COc1cc(Cc2cc(Oc3ccc(NC(=O)Nc4cc(C(C)(C)C)cc(NS(C)(=O)=O)c4OC)c4ccccc34)ccn2)ccc1C(=O)CCCCC(=O)O. The van der Waals surface area contributed by atoms with Gasteiger partial charge >= 0.3 is 12.0 Å². The van der Waals surface area contributed by atoms with E-state index in [1.165, 1.54) is 14.2 Å². The number of aromatic nitrogens is 1. The highest BCUT2D eigenvalue weighted by Crippen LogP contribution is 2.40. The number of carboxylic acids is 1. The molecule has 5 aromatic rings. The third-order valence-corrected chi connectivity index (χ3v) is 9.44. The van der Waals surface area contributed by atoms with E-state index in [-0.39, 0.29) is 41.2 Å². The molecule has 56 heavy (non-hydrogen) atoms. The first-order chi connectivity index (χ1) is 26.5. The molecule has 14 heteroatoms. The quantitative estimate of drug-likeness (QED) is 0.0558. The van der Waals surface area contributed by atoms with Crippen LogP contribution in [0.5, 0.6) is 23.0 Å². The van der Waals surface area contributed by atoms with Crippen molar-refractivity contribution in [2.45, 2.75) is 58.3 Å². The van der Waals surface area contributed by atoms with Crippen LogP contribution in [-0.2, 0) is 26.7 Å². The van der Waals surface area contributed by atoms with Crippen molar-refractivity contribution in [1.82, 2.24) is 4.98 Å². The second-order valence-electron chi connectivity index (χ2n) is 14.3. The van der Waals surface area contributed by atoms with Gasteiger partial charge in [-0.1, -0.05) is 51.1 Å². The number of fused-ring (bicyclic) bond motifs is 1. The van der Waals surface area contributed by atoms with E-state index < -0.39 is 22.0 Å². The van der Waals surface area contributed by atoms with Crippen LogP contribution in [0, 0.1) is 0 Å². The minimum atomic E-state index is -3.65. The summed E-state index contributed by atoms with van der Waals surface area (Å²) in [5.41, 5.74) is 3.45. The number of nitrogens with zero attached hydrogens (tertiary/aromatic N) is 1. The van der Waals surface area contributed by atoms with Gasteiger partial charge in [0.1, 0.15) is 17.2 Å². The molecule has 5 rings (SSSR count). The number of carboxylic acid groups (broad SMARTS) is 1. The summed E-state index contributed by atoms with van der Waals surface area (Å²) in [5, 5.41) is 16.1. The monoisotopic (exact) mass is 782 g/mol. The van der Waals surface area contributed by atoms with Crippen molar-refractivity contribution < 1.29 is 42.1 Å². The fraction of sp³-hybridized carbons (Fsp3) is 0.286. The molecule has 0 saturated carbocycles. The van der Waals surface area contributed by atoms with Gasteiger partial charge in [0.05, 0.1) is 43.1 Å². The number of aliphatic carboxylic acids is 1. The van der Waals surface area contributed by atoms with Gasteiger partial charge in [-0.2, -0.15) is 0 Å². The Morgan fingerprint density at radius 1 is 0.786 bits per heavy atom. The van der Waals surface area contributed by atoms with Crippen LogP contribution in [0.25, 0.3) is 10.8 Å². The summed E-state index contributed by atoms with van der Waals surface area (Å²) in [6.07, 6.45) is 4.31. The number of unbranched alkanes of at least 4 members (excludes halogenated alkanes) is 1. The Labute approximate surface area is 326 Å². The number of amides is 2. The van der Waals surface area contributed by atoms with Crippen molar-refractivity contribution >= 4 is 55.6 Å². The minimum Gasteiger partial charge on any atom is -0.496 e. The Morgan fingerprint density at radius 2 is 1.48 bits per heavy atom. The van der Waals surface area contributed by atoms with Crippen molar-refractivity contribution in [3.63, 3.8) is 0 Å². The maximum atomic E-state index is 13.5. The molecule has 0 atom stereocenters. The van der Waals surface area contributed by atoms with Gasteiger partial charge in [-0.15, -0.1) is 0 Å². The molecule has 0 fully saturated rings. The van der Waals surface area contributed by atoms with Crippen LogP contribution < -0.4 is 29.6 Å². The molecule has 0 unspecified atom stereocenters. The maximum Gasteiger partial charge on any atom is 0.323 e. The zero-order valence-electron chi connectivity index (χ0n) is 32.2. The van der Waals surface area contributed by atoms with Crippen LogP contribution in [0.1, 0.15) is 73.6 Å². The number of hydrogen-bond acceptors (Lipinski definition) is 9. The molecular weight excluding hydrogens is 737 g/mol. The molecule has 4 N–H and O–H groups in total. The minimum absolute atomic E-state index is 0.0266. The van der Waals surface area contributed by atoms with E-state index in [0.717, 1.165) is 28.5 Å². The fourth-order valence-corrected chi connectivity index (χ4v) is 6.67. The topological polar surface area (TPSA) is 182 Å². The molecule has 0 aliphatic heterocycles. The molecule has 1 heterocycles. The number of nitrogens with one attached hydrogen (secondary N) is 3. The highest BCUT2D eigenvalue weighted by molar-refractivity contribution is 7.92. The Hall–Kier alpha value is -6.15. The number of ketones is 1. The molecular formula is C42H46N4O9S. The Bertz CT molecular complexity index is 2370. The van der Waals surface area contributed by atoms with Crippen LogP contribution in [0.2, 0.25) is 0 Å². The van der Waals surface area contributed by atoms with Crippen LogP contribution in [0.3, 0.4) is 0 Å². The molecule has 4 aromatic carbocycles. The summed E-state index contributed by atoms with van der Waals surface area (Å²) in [6, 6.07) is 22.8. The third kappa shape index (κ3) is 10.7. The standard InChI is InChI=1S/C42H46N4O9S/c1-42(2,3)27-23-34(40(54-5)35(24-27)46-56(6,51)52)45-41(50)44-33-17-18-37(31-12-8-7-11-30(31)33)55-29-19-20-43-28(25-29)21-26-15-16-32(38(22-26)53-4)36(47)13-9-10-14-39(48)49/h7-8,11-12,15-20,22-25,46H,9-10,13-14,21H2,1-6H3,(H,48,49)(H2,44,45,50). The number of urea groups is 1. The molecule has 0 saturated heterocycles. The first kappa shape index (κ1) is 41.0. The highest BCUT2D eigenvalue weighted by Gasteiger charge is 2.23. The lowest BCUT2D eigenvalue weighted by Gasteiger charge is -2.24. The van der Waals surface area contributed by atoms with Gasteiger partial charge < -0.3 is 30.0 Å². The number of anilines is 3. The Kier molecular flexibility index (Phi) is 12.9. The predicted octanol–water partition coefficient (Wildman–Crippen LogP) is 8.78. The second-order valence-corrected chi connectivity index (χ2v) is 16.0. The first-order valence-corrected chi connectivity index (χ1v) is 19.8. The van der Waals surface area contributed by atoms with E-state index in [4.69, 9.17) is 19.3 Å². The van der Waals surface area contributed by atoms with Crippen LogP contribution in [-0.4, -0.2) is 56.8 Å². The van der Waals surface area contributed by atoms with E-state index in [1.54, 1.807) is 48.7 Å². The van der Waals surface area contributed by atoms with E-state index in [1.807, 2.05) is 57.2 Å². The van der Waals surface area contributed by atoms with Gasteiger partial charge in [0.2, 0.25) is 10.0 Å². The van der Waals surface area contributed by atoms with Crippen molar-refractivity contribution in [2.75, 3.05) is 35.8 Å². The number of rotatable bonds is 16. The molecule has 0 radical (unpaired) electrons. The third-order valence-electron chi connectivity index (χ3n) is 8.85. The number of benzene rings is 4. The van der Waals surface area contributed by atoms with E-state index in [0.29, 0.717) is 53.1 Å². The largest absolute Gasteiger partial charge is 0.496 e. The van der Waals surface area contributed by atoms with E-state index in [9.17, 15) is 22.8 Å². The lowest BCUT2D eigenvalue weighted by Crippen LogP contribution is -2.22. The number of ether oxygens (including phenoxy) is 3. The van der Waals surface area contributed by atoms with Crippen molar-refractivity contribution in [1.29, 1.82) is 0 Å². The average molecular weight is 783 g/mol. The molecule has 1 aromatic heterocycles. The van der Waals surface area contributed by atoms with Crippen molar-refractivity contribution in [2.24, 2.45) is 0 Å². The zero-order chi connectivity index (χ0) is 40.6. The zero-order valence-corrected chi connectivity index (χ0v) is 33.0. The van der Waals surface area contributed by atoms with Crippen LogP contribution >= 0.6 is 0 Å². The van der Waals surface area contributed by atoms with Gasteiger partial charge in [0.15, 0.2) is 11.5 Å². The maximum absolute atomic E-state index is 13.5. The van der Waals surface area contributed by atoms with Gasteiger partial charge in [-0.05, 0) is 71.8 Å². The van der Waals surface area contributed by atoms with Crippen molar-refractivity contribution in [3.8, 4) is 23.0 Å².